The van der Waals surface area contributed by atoms with E-state index in [1.807, 2.05) is 18.0 Å². The van der Waals surface area contributed by atoms with Gasteiger partial charge < -0.3 is 15.5 Å². The summed E-state index contributed by atoms with van der Waals surface area (Å²) in [4.78, 5) is 14.1. The normalized spacial score (nSPS) is 18.2. The van der Waals surface area contributed by atoms with Gasteiger partial charge in [0.15, 0.2) is 0 Å². The molecule has 0 spiro atoms. The molecule has 0 aliphatic carbocycles. The highest BCUT2D eigenvalue weighted by Crippen LogP contribution is 2.28. The molecule has 37 heavy (non-hydrogen) atoms. The van der Waals surface area contributed by atoms with Crippen LogP contribution in [0.3, 0.4) is 0 Å². The summed E-state index contributed by atoms with van der Waals surface area (Å²) in [5.41, 5.74) is 0.248. The number of nitrogens with zero attached hydrogens (tertiary/aromatic N) is 6. The molecule has 13 heteroatoms. The zero-order valence-corrected chi connectivity index (χ0v) is 19.9. The van der Waals surface area contributed by atoms with Crippen molar-refractivity contribution in [2.24, 2.45) is 0 Å². The molecule has 9 nitrogen and oxygen atoms in total. The van der Waals surface area contributed by atoms with E-state index < -0.39 is 30.7 Å². The third kappa shape index (κ3) is 6.37. The molecule has 194 valence electrons. The van der Waals surface area contributed by atoms with Crippen LogP contribution in [0.25, 0.3) is 5.52 Å². The molecular formula is C24H24F4N8O. The van der Waals surface area contributed by atoms with Crippen LogP contribution in [0.4, 0.5) is 23.4 Å². The number of amides is 1. The van der Waals surface area contributed by atoms with E-state index >= 15 is 0 Å². The Hall–Kier alpha value is -4.10. The average molecular weight is 517 g/mol. The fourth-order valence-corrected chi connectivity index (χ4v) is 4.11. The van der Waals surface area contributed by atoms with Crippen molar-refractivity contribution < 1.29 is 22.4 Å². The van der Waals surface area contributed by atoms with Crippen LogP contribution >= 0.6 is 0 Å². The highest BCUT2D eigenvalue weighted by molar-refractivity contribution is 5.93. The van der Waals surface area contributed by atoms with Gasteiger partial charge in [-0.05, 0) is 31.5 Å². The minimum atomic E-state index is -4.50. The predicted molar refractivity (Wildman–Crippen MR) is 126 cm³/mol. The maximum Gasteiger partial charge on any atom is 0.393 e. The van der Waals surface area contributed by atoms with Gasteiger partial charge in [-0.25, -0.2) is 8.91 Å². The van der Waals surface area contributed by atoms with Crippen molar-refractivity contribution in [3.8, 4) is 17.9 Å². The van der Waals surface area contributed by atoms with Crippen LogP contribution in [0.1, 0.15) is 28.0 Å². The Morgan fingerprint density at radius 2 is 2.14 bits per heavy atom. The van der Waals surface area contributed by atoms with Gasteiger partial charge >= 0.3 is 6.18 Å². The van der Waals surface area contributed by atoms with Gasteiger partial charge in [0.25, 0.3) is 5.91 Å². The van der Waals surface area contributed by atoms with Crippen LogP contribution in [0.15, 0.2) is 30.6 Å². The fraction of sp³-hybridized carbons (Fsp3) is 0.417. The zero-order chi connectivity index (χ0) is 26.6. The number of hydrogen-bond acceptors (Lipinski definition) is 6. The number of fused-ring (bicyclic) bond motifs is 1. The van der Waals surface area contributed by atoms with Crippen molar-refractivity contribution in [1.29, 1.82) is 5.26 Å². The molecule has 2 N–H and O–H groups in total. The van der Waals surface area contributed by atoms with Crippen molar-refractivity contribution >= 4 is 17.2 Å². The first-order valence-corrected chi connectivity index (χ1v) is 11.5. The van der Waals surface area contributed by atoms with Gasteiger partial charge in [-0.3, -0.25) is 9.48 Å². The van der Waals surface area contributed by atoms with Crippen LogP contribution in [0.5, 0.6) is 0 Å². The lowest BCUT2D eigenvalue weighted by Crippen LogP contribution is -2.46. The number of carbonyl (C=O) groups is 1. The molecule has 1 aliphatic heterocycles. The quantitative estimate of drug-likeness (QED) is 0.385. The number of anilines is 1. The molecule has 0 aromatic carbocycles. The minimum absolute atomic E-state index is 0.0103. The van der Waals surface area contributed by atoms with Crippen molar-refractivity contribution in [1.82, 2.24) is 29.6 Å². The summed E-state index contributed by atoms with van der Waals surface area (Å²) in [7, 11) is 1.83. The lowest BCUT2D eigenvalue weighted by molar-refractivity contribution is -0.127. The Kier molecular flexibility index (Phi) is 7.64. The number of nitrogens with one attached hydrogen (secondary N) is 2. The number of carbonyl (C=O) groups excluding carboxylic acids is 1. The van der Waals surface area contributed by atoms with E-state index in [0.29, 0.717) is 18.8 Å². The molecule has 0 unspecified atom stereocenters. The summed E-state index contributed by atoms with van der Waals surface area (Å²) in [5.74, 6) is 5.16. The van der Waals surface area contributed by atoms with Gasteiger partial charge in [0.2, 0.25) is 0 Å². The Labute approximate surface area is 210 Å². The topological polar surface area (TPSA) is 103 Å². The molecule has 3 aromatic rings. The van der Waals surface area contributed by atoms with Crippen molar-refractivity contribution in [3.05, 3.63) is 47.4 Å². The van der Waals surface area contributed by atoms with Crippen LogP contribution in [0.2, 0.25) is 0 Å². The Bertz CT molecular complexity index is 1380. The van der Waals surface area contributed by atoms with Crippen LogP contribution in [0, 0.1) is 23.2 Å². The average Bonchev–Trinajstić information content (AvgIpc) is 3.43. The van der Waals surface area contributed by atoms with Crippen LogP contribution in [-0.4, -0.2) is 75.3 Å². The SMILES string of the molecule is CN1CC[C@@H](Nc2cccc3c(CC(F)(F)F)c(C#CCNC(=O)c4cnn(CC#N)c4)nn23)[C@@H](F)C1. The van der Waals surface area contributed by atoms with E-state index in [1.54, 1.807) is 12.1 Å². The number of hydrogen-bond donors (Lipinski definition) is 2. The summed E-state index contributed by atoms with van der Waals surface area (Å²) in [6, 6.07) is 6.13. The van der Waals surface area contributed by atoms with Gasteiger partial charge in [0, 0.05) is 24.8 Å². The summed E-state index contributed by atoms with van der Waals surface area (Å²) < 4.78 is 57.3. The zero-order valence-electron chi connectivity index (χ0n) is 19.9. The maximum absolute atomic E-state index is 14.6. The molecule has 4 rings (SSSR count). The molecular weight excluding hydrogens is 492 g/mol. The number of halogens is 4. The third-order valence-electron chi connectivity index (χ3n) is 5.89. The Balaban J connectivity index is 1.55. The second kappa shape index (κ2) is 10.9. The second-order valence-corrected chi connectivity index (χ2v) is 8.71. The molecule has 4 heterocycles. The number of likely N-dealkylation sites (tertiary alicyclic amines) is 1. The molecule has 1 fully saturated rings. The lowest BCUT2D eigenvalue weighted by atomic mass is 10.0. The standard InChI is InChI=1S/C24H24F4N8O/c1-34-10-7-20(18(25)15-34)32-22-6-2-5-21-17(12-24(26,27)28)19(33-36(21)22)4-3-9-30-23(37)16-13-31-35(14-16)11-8-29/h2,5-6,13-14,18,20,32H,7,9-12,15H2,1H3,(H,30,37)/t18-,20+/m0/s1. The second-order valence-electron chi connectivity index (χ2n) is 8.71. The Morgan fingerprint density at radius 1 is 1.32 bits per heavy atom. The molecule has 0 radical (unpaired) electrons. The fourth-order valence-electron chi connectivity index (χ4n) is 4.11. The molecule has 3 aromatic heterocycles. The molecule has 1 amide bonds. The third-order valence-corrected chi connectivity index (χ3v) is 5.89. The number of pyridine rings is 1. The highest BCUT2D eigenvalue weighted by Gasteiger charge is 2.32. The monoisotopic (exact) mass is 516 g/mol. The molecule has 1 aliphatic rings. The first kappa shape index (κ1) is 26.0. The van der Waals surface area contributed by atoms with E-state index in [0.717, 1.165) is 0 Å². The maximum atomic E-state index is 14.6. The number of piperidine rings is 1. The van der Waals surface area contributed by atoms with Crippen molar-refractivity contribution in [2.45, 2.75) is 37.8 Å². The predicted octanol–water partition coefficient (Wildman–Crippen LogP) is 2.39. The minimum Gasteiger partial charge on any atom is -0.364 e. The largest absolute Gasteiger partial charge is 0.393 e. The van der Waals surface area contributed by atoms with Crippen LogP contribution in [-0.2, 0) is 13.0 Å². The first-order valence-electron chi connectivity index (χ1n) is 11.5. The van der Waals surface area contributed by atoms with Gasteiger partial charge in [-0.15, -0.1) is 0 Å². The first-order chi connectivity index (χ1) is 17.6. The summed E-state index contributed by atoms with van der Waals surface area (Å²) in [6.45, 7) is 0.789. The Morgan fingerprint density at radius 3 is 2.86 bits per heavy atom. The summed E-state index contributed by atoms with van der Waals surface area (Å²) in [6.07, 6.45) is -3.66. The van der Waals surface area contributed by atoms with Crippen LogP contribution < -0.4 is 10.6 Å². The van der Waals surface area contributed by atoms with Gasteiger partial charge in [-0.1, -0.05) is 12.0 Å². The smallest absolute Gasteiger partial charge is 0.364 e. The van der Waals surface area contributed by atoms with Gasteiger partial charge in [0.1, 0.15) is 24.2 Å². The van der Waals surface area contributed by atoms with Crippen molar-refractivity contribution in [2.75, 3.05) is 32.0 Å². The number of alkyl halides is 4. The lowest BCUT2D eigenvalue weighted by Gasteiger charge is -2.33. The van der Waals surface area contributed by atoms with E-state index in [1.165, 1.54) is 27.7 Å². The molecule has 0 saturated carbocycles. The molecule has 2 atom stereocenters. The molecule has 1 saturated heterocycles. The highest BCUT2D eigenvalue weighted by atomic mass is 19.4. The molecule has 0 bridgehead atoms. The van der Waals surface area contributed by atoms with E-state index in [-0.39, 0.29) is 42.0 Å². The van der Waals surface area contributed by atoms with Gasteiger partial charge in [-0.2, -0.15) is 28.6 Å². The summed E-state index contributed by atoms with van der Waals surface area (Å²) in [5, 5.41) is 22.5. The number of nitriles is 1. The van der Waals surface area contributed by atoms with Gasteiger partial charge in [0.05, 0.1) is 42.4 Å². The van der Waals surface area contributed by atoms with E-state index in [2.05, 4.69) is 32.7 Å². The van der Waals surface area contributed by atoms with E-state index in [9.17, 15) is 22.4 Å². The number of aromatic nitrogens is 4. The van der Waals surface area contributed by atoms with E-state index in [4.69, 9.17) is 5.26 Å². The number of rotatable bonds is 6. The summed E-state index contributed by atoms with van der Waals surface area (Å²) >= 11 is 0. The van der Waals surface area contributed by atoms with Crippen molar-refractivity contribution in [3.63, 3.8) is 0 Å².